The van der Waals surface area contributed by atoms with Gasteiger partial charge in [0.2, 0.25) is 0 Å². The first-order chi connectivity index (χ1) is 7.34. The molecule has 80 valence electrons. The van der Waals surface area contributed by atoms with E-state index < -0.39 is 0 Å². The number of hydrogen-bond acceptors (Lipinski definition) is 2. The first-order valence-corrected chi connectivity index (χ1v) is 5.76. The van der Waals surface area contributed by atoms with Crippen molar-refractivity contribution in [3.05, 3.63) is 29.3 Å². The molecule has 1 spiro atoms. The third-order valence-corrected chi connectivity index (χ3v) is 3.90. The van der Waals surface area contributed by atoms with E-state index in [-0.39, 0.29) is 0 Å². The minimum Gasteiger partial charge on any atom is -0.497 e. The average Bonchev–Trinajstić information content (AvgIpc) is 2.25. The molecule has 1 aliphatic heterocycles. The monoisotopic (exact) mass is 203 g/mol. The van der Waals surface area contributed by atoms with Gasteiger partial charge in [-0.25, -0.2) is 0 Å². The smallest absolute Gasteiger partial charge is 0.119 e. The van der Waals surface area contributed by atoms with Crippen LogP contribution in [0.2, 0.25) is 0 Å². The van der Waals surface area contributed by atoms with Crippen LogP contribution in [0.5, 0.6) is 5.75 Å². The fourth-order valence-corrected chi connectivity index (χ4v) is 2.93. The van der Waals surface area contributed by atoms with Crippen LogP contribution in [-0.4, -0.2) is 13.7 Å². The predicted molar refractivity (Wildman–Crippen MR) is 60.2 cm³/mol. The largest absolute Gasteiger partial charge is 0.497 e. The number of benzene rings is 1. The van der Waals surface area contributed by atoms with E-state index in [1.165, 1.54) is 36.8 Å². The van der Waals surface area contributed by atoms with Gasteiger partial charge in [-0.15, -0.1) is 0 Å². The van der Waals surface area contributed by atoms with Crippen molar-refractivity contribution in [2.45, 2.75) is 31.2 Å². The van der Waals surface area contributed by atoms with Crippen LogP contribution in [0.1, 0.15) is 30.4 Å². The summed E-state index contributed by atoms with van der Waals surface area (Å²) in [5.41, 5.74) is 3.29. The van der Waals surface area contributed by atoms with E-state index in [1.807, 2.05) is 0 Å². The molecule has 0 bridgehead atoms. The minimum atomic E-state index is 0.294. The Bertz CT molecular complexity index is 382. The number of ether oxygens (including phenoxy) is 1. The maximum absolute atomic E-state index is 5.31. The molecule has 1 aromatic rings. The van der Waals surface area contributed by atoms with Crippen LogP contribution in [-0.2, 0) is 12.0 Å². The fraction of sp³-hybridized carbons (Fsp3) is 0.538. The second-order valence-electron chi connectivity index (χ2n) is 4.64. The molecule has 1 aromatic carbocycles. The van der Waals surface area contributed by atoms with Gasteiger partial charge in [-0.1, -0.05) is 6.07 Å². The Labute approximate surface area is 90.6 Å². The summed E-state index contributed by atoms with van der Waals surface area (Å²) in [6, 6.07) is 6.53. The van der Waals surface area contributed by atoms with Gasteiger partial charge in [-0.3, -0.25) is 0 Å². The van der Waals surface area contributed by atoms with Gasteiger partial charge in [0.05, 0.1) is 7.11 Å². The van der Waals surface area contributed by atoms with Crippen molar-refractivity contribution in [1.29, 1.82) is 0 Å². The van der Waals surface area contributed by atoms with Gasteiger partial charge in [0.1, 0.15) is 5.75 Å². The van der Waals surface area contributed by atoms with E-state index in [0.717, 1.165) is 12.3 Å². The Kier molecular flexibility index (Phi) is 1.99. The lowest BCUT2D eigenvalue weighted by Gasteiger charge is -2.47. The van der Waals surface area contributed by atoms with Gasteiger partial charge in [0.15, 0.2) is 0 Å². The molecule has 2 heteroatoms. The van der Waals surface area contributed by atoms with E-state index in [1.54, 1.807) is 7.11 Å². The highest BCUT2D eigenvalue weighted by Crippen LogP contribution is 2.43. The van der Waals surface area contributed by atoms with E-state index in [9.17, 15) is 0 Å². The molecule has 1 aliphatic carbocycles. The Hall–Kier alpha value is -1.02. The molecule has 0 radical (unpaired) electrons. The summed E-state index contributed by atoms with van der Waals surface area (Å²) in [7, 11) is 1.74. The van der Waals surface area contributed by atoms with Crippen LogP contribution in [0.3, 0.4) is 0 Å². The van der Waals surface area contributed by atoms with Crippen LogP contribution in [0.4, 0.5) is 0 Å². The highest BCUT2D eigenvalue weighted by atomic mass is 16.5. The second-order valence-corrected chi connectivity index (χ2v) is 4.64. The minimum absolute atomic E-state index is 0.294. The molecule has 0 amide bonds. The molecule has 1 atom stereocenters. The Morgan fingerprint density at radius 2 is 2.20 bits per heavy atom. The Morgan fingerprint density at radius 3 is 2.87 bits per heavy atom. The predicted octanol–water partition coefficient (Wildman–Crippen LogP) is 2.22. The van der Waals surface area contributed by atoms with E-state index in [4.69, 9.17) is 4.74 Å². The van der Waals surface area contributed by atoms with Gasteiger partial charge in [-0.05, 0) is 55.5 Å². The summed E-state index contributed by atoms with van der Waals surface area (Å²) in [5, 5.41) is 3.61. The maximum atomic E-state index is 5.31. The Morgan fingerprint density at radius 1 is 1.33 bits per heavy atom. The van der Waals surface area contributed by atoms with Gasteiger partial charge >= 0.3 is 0 Å². The van der Waals surface area contributed by atoms with Crippen LogP contribution < -0.4 is 10.1 Å². The number of aryl methyl sites for hydroxylation is 1. The fourth-order valence-electron chi connectivity index (χ4n) is 2.93. The first-order valence-electron chi connectivity index (χ1n) is 5.76. The molecule has 15 heavy (non-hydrogen) atoms. The summed E-state index contributed by atoms with van der Waals surface area (Å²) in [6.07, 6.45) is 5.11. The number of hydrogen-bond donors (Lipinski definition) is 1. The zero-order valence-electron chi connectivity index (χ0n) is 9.18. The van der Waals surface area contributed by atoms with Crippen molar-refractivity contribution in [2.24, 2.45) is 0 Å². The van der Waals surface area contributed by atoms with Crippen LogP contribution in [0, 0.1) is 0 Å². The van der Waals surface area contributed by atoms with Gasteiger partial charge in [-0.2, -0.15) is 0 Å². The van der Waals surface area contributed by atoms with E-state index in [0.29, 0.717) is 5.54 Å². The summed E-state index contributed by atoms with van der Waals surface area (Å²) in [6.45, 7) is 1.16. The maximum Gasteiger partial charge on any atom is 0.119 e. The SMILES string of the molecule is COc1ccc2c(c1)[C@@]1(CCC2)CCN1. The highest BCUT2D eigenvalue weighted by molar-refractivity contribution is 5.43. The molecule has 1 heterocycles. The molecular weight excluding hydrogens is 186 g/mol. The van der Waals surface area contributed by atoms with Gasteiger partial charge in [0, 0.05) is 5.54 Å². The van der Waals surface area contributed by atoms with E-state index >= 15 is 0 Å². The molecule has 0 aromatic heterocycles. The van der Waals surface area contributed by atoms with Crippen molar-refractivity contribution in [2.75, 3.05) is 13.7 Å². The third-order valence-electron chi connectivity index (χ3n) is 3.90. The second kappa shape index (κ2) is 3.24. The molecule has 3 rings (SSSR count). The zero-order valence-corrected chi connectivity index (χ0v) is 9.18. The van der Waals surface area contributed by atoms with Crippen LogP contribution in [0.15, 0.2) is 18.2 Å². The number of fused-ring (bicyclic) bond motifs is 2. The molecule has 1 fully saturated rings. The lowest BCUT2D eigenvalue weighted by atomic mass is 9.71. The summed E-state index contributed by atoms with van der Waals surface area (Å²) >= 11 is 0. The van der Waals surface area contributed by atoms with Crippen LogP contribution in [0.25, 0.3) is 0 Å². The van der Waals surface area contributed by atoms with Crippen LogP contribution >= 0.6 is 0 Å². The van der Waals surface area contributed by atoms with E-state index in [2.05, 4.69) is 23.5 Å². The quantitative estimate of drug-likeness (QED) is 0.755. The highest BCUT2D eigenvalue weighted by Gasteiger charge is 2.41. The van der Waals surface area contributed by atoms with Gasteiger partial charge < -0.3 is 10.1 Å². The van der Waals surface area contributed by atoms with Crippen molar-refractivity contribution in [1.82, 2.24) is 5.32 Å². The van der Waals surface area contributed by atoms with Crippen molar-refractivity contribution in [3.63, 3.8) is 0 Å². The topological polar surface area (TPSA) is 21.3 Å². The Balaban J connectivity index is 2.08. The first kappa shape index (κ1) is 9.22. The molecule has 0 unspecified atom stereocenters. The van der Waals surface area contributed by atoms with Crippen molar-refractivity contribution >= 4 is 0 Å². The lowest BCUT2D eigenvalue weighted by molar-refractivity contribution is 0.177. The average molecular weight is 203 g/mol. The summed E-state index contributed by atoms with van der Waals surface area (Å²) < 4.78 is 5.31. The van der Waals surface area contributed by atoms with Crippen molar-refractivity contribution < 1.29 is 4.74 Å². The number of methoxy groups -OCH3 is 1. The van der Waals surface area contributed by atoms with Gasteiger partial charge in [0.25, 0.3) is 0 Å². The van der Waals surface area contributed by atoms with Crippen molar-refractivity contribution in [3.8, 4) is 5.75 Å². The summed E-state index contributed by atoms with van der Waals surface area (Å²) in [5.74, 6) is 0.990. The number of rotatable bonds is 1. The third kappa shape index (κ3) is 1.28. The lowest BCUT2D eigenvalue weighted by Crippen LogP contribution is -2.55. The zero-order chi connectivity index (χ0) is 10.3. The standard InChI is InChI=1S/C13H17NO/c1-15-11-5-4-10-3-2-6-13(7-8-14-13)12(10)9-11/h4-5,9,14H,2-3,6-8H2,1H3/t13-/m1/s1. The molecule has 0 saturated carbocycles. The molecule has 2 nitrogen and oxygen atoms in total. The molecule has 1 N–H and O–H groups in total. The number of nitrogens with one attached hydrogen (secondary N) is 1. The summed E-state index contributed by atoms with van der Waals surface area (Å²) in [4.78, 5) is 0. The molecule has 1 saturated heterocycles. The molecule has 2 aliphatic rings. The molecular formula is C13H17NO. The normalized spacial score (nSPS) is 28.3.